The molecule has 0 aliphatic carbocycles. The maximum Gasteiger partial charge on any atom is 0.349 e. The number of benzene rings is 1. The second kappa shape index (κ2) is 6.26. The summed E-state index contributed by atoms with van der Waals surface area (Å²) < 4.78 is 11.3. The van der Waals surface area contributed by atoms with Crippen LogP contribution in [-0.4, -0.2) is 19.7 Å². The van der Waals surface area contributed by atoms with E-state index in [4.69, 9.17) is 21.1 Å². The summed E-state index contributed by atoms with van der Waals surface area (Å²) in [6, 6.07) is 5.68. The Morgan fingerprint density at radius 3 is 2.89 bits per heavy atom. The minimum absolute atomic E-state index is 0.403. The van der Waals surface area contributed by atoms with E-state index in [0.29, 0.717) is 16.5 Å². The van der Waals surface area contributed by atoms with Gasteiger partial charge in [0.2, 0.25) is 0 Å². The number of esters is 1. The van der Waals surface area contributed by atoms with E-state index in [2.05, 4.69) is 6.92 Å². The standard InChI is InChI=1S/C14H15ClO3S/c1-3-4-7-18-9-5-6-11-10(8-9)12(15)13(19-11)14(16)17-2/h5-6,8H,3-4,7H2,1-2H3. The number of fused-ring (bicyclic) bond motifs is 1. The average molecular weight is 299 g/mol. The van der Waals surface area contributed by atoms with Crippen molar-refractivity contribution in [1.29, 1.82) is 0 Å². The van der Waals surface area contributed by atoms with Crippen molar-refractivity contribution in [2.75, 3.05) is 13.7 Å². The lowest BCUT2D eigenvalue weighted by atomic mass is 10.2. The molecule has 1 heterocycles. The van der Waals surface area contributed by atoms with Gasteiger partial charge in [-0.25, -0.2) is 4.79 Å². The zero-order valence-electron chi connectivity index (χ0n) is 10.9. The van der Waals surface area contributed by atoms with Crippen LogP contribution in [0.5, 0.6) is 5.75 Å². The molecule has 0 aliphatic heterocycles. The van der Waals surface area contributed by atoms with Gasteiger partial charge in [0.05, 0.1) is 18.7 Å². The van der Waals surface area contributed by atoms with Gasteiger partial charge >= 0.3 is 5.97 Å². The van der Waals surface area contributed by atoms with Crippen molar-refractivity contribution in [1.82, 2.24) is 0 Å². The predicted molar refractivity (Wildman–Crippen MR) is 78.6 cm³/mol. The molecule has 3 nitrogen and oxygen atoms in total. The molecule has 2 aromatic rings. The van der Waals surface area contributed by atoms with Gasteiger partial charge in [0.15, 0.2) is 0 Å². The summed E-state index contributed by atoms with van der Waals surface area (Å²) in [5.74, 6) is 0.372. The topological polar surface area (TPSA) is 35.5 Å². The molecule has 19 heavy (non-hydrogen) atoms. The largest absolute Gasteiger partial charge is 0.494 e. The number of hydrogen-bond acceptors (Lipinski definition) is 4. The number of unbranched alkanes of at least 4 members (excludes halogenated alkanes) is 1. The zero-order chi connectivity index (χ0) is 13.8. The van der Waals surface area contributed by atoms with Crippen molar-refractivity contribution in [3.8, 4) is 5.75 Å². The van der Waals surface area contributed by atoms with E-state index in [0.717, 1.165) is 28.7 Å². The van der Waals surface area contributed by atoms with Gasteiger partial charge in [0.25, 0.3) is 0 Å². The maximum atomic E-state index is 11.6. The summed E-state index contributed by atoms with van der Waals surface area (Å²) in [5.41, 5.74) is 0. The molecule has 0 aliphatic rings. The van der Waals surface area contributed by atoms with Gasteiger partial charge in [-0.3, -0.25) is 0 Å². The highest BCUT2D eigenvalue weighted by molar-refractivity contribution is 7.21. The highest BCUT2D eigenvalue weighted by Gasteiger charge is 2.17. The molecule has 0 radical (unpaired) electrons. The van der Waals surface area contributed by atoms with E-state index in [1.165, 1.54) is 18.4 Å². The molecule has 0 saturated heterocycles. The normalized spacial score (nSPS) is 10.7. The lowest BCUT2D eigenvalue weighted by Crippen LogP contribution is -1.98. The highest BCUT2D eigenvalue weighted by Crippen LogP contribution is 2.37. The van der Waals surface area contributed by atoms with Crippen molar-refractivity contribution in [2.45, 2.75) is 19.8 Å². The minimum Gasteiger partial charge on any atom is -0.494 e. The van der Waals surface area contributed by atoms with Crippen LogP contribution in [0.4, 0.5) is 0 Å². The average Bonchev–Trinajstić information content (AvgIpc) is 2.76. The molecular formula is C14H15ClO3S. The van der Waals surface area contributed by atoms with Crippen LogP contribution in [0.15, 0.2) is 18.2 Å². The molecule has 0 unspecified atom stereocenters. The van der Waals surface area contributed by atoms with Crippen molar-refractivity contribution < 1.29 is 14.3 Å². The van der Waals surface area contributed by atoms with Gasteiger partial charge in [0, 0.05) is 10.1 Å². The Hall–Kier alpha value is -1.26. The van der Waals surface area contributed by atoms with Gasteiger partial charge in [-0.05, 0) is 24.6 Å². The van der Waals surface area contributed by atoms with Crippen molar-refractivity contribution in [3.63, 3.8) is 0 Å². The van der Waals surface area contributed by atoms with Crippen LogP contribution in [0.25, 0.3) is 10.1 Å². The number of carbonyl (C=O) groups is 1. The fourth-order valence-corrected chi connectivity index (χ4v) is 3.09. The van der Waals surface area contributed by atoms with Crippen LogP contribution in [0.2, 0.25) is 5.02 Å². The first-order valence-corrected chi connectivity index (χ1v) is 7.30. The van der Waals surface area contributed by atoms with Crippen molar-refractivity contribution >= 4 is 39.0 Å². The molecule has 102 valence electrons. The van der Waals surface area contributed by atoms with Gasteiger partial charge in [0.1, 0.15) is 10.6 Å². The summed E-state index contributed by atoms with van der Waals surface area (Å²) in [6.45, 7) is 2.80. The summed E-state index contributed by atoms with van der Waals surface area (Å²) >= 11 is 7.55. The van der Waals surface area contributed by atoms with Crippen molar-refractivity contribution in [2.24, 2.45) is 0 Å². The first-order valence-electron chi connectivity index (χ1n) is 6.10. The number of methoxy groups -OCH3 is 1. The molecule has 1 aromatic heterocycles. The summed E-state index contributed by atoms with van der Waals surface area (Å²) in [5, 5.41) is 1.27. The Labute approximate surface area is 121 Å². The SMILES string of the molecule is CCCCOc1ccc2sc(C(=O)OC)c(Cl)c2c1. The van der Waals surface area contributed by atoms with E-state index in [1.54, 1.807) is 0 Å². The third-order valence-electron chi connectivity index (χ3n) is 2.74. The third-order valence-corrected chi connectivity index (χ3v) is 4.39. The molecule has 0 bridgehead atoms. The molecular weight excluding hydrogens is 284 g/mol. The fraction of sp³-hybridized carbons (Fsp3) is 0.357. The Kier molecular flexibility index (Phi) is 4.66. The molecule has 2 rings (SSSR count). The number of halogens is 1. The quantitative estimate of drug-likeness (QED) is 0.601. The fourth-order valence-electron chi connectivity index (χ4n) is 1.69. The molecule has 1 aromatic carbocycles. The second-order valence-electron chi connectivity index (χ2n) is 4.10. The molecule has 0 fully saturated rings. The van der Waals surface area contributed by atoms with Gasteiger partial charge in [-0.1, -0.05) is 24.9 Å². The van der Waals surface area contributed by atoms with Gasteiger partial charge < -0.3 is 9.47 Å². The zero-order valence-corrected chi connectivity index (χ0v) is 12.4. The maximum absolute atomic E-state index is 11.6. The minimum atomic E-state index is -0.403. The Bertz CT molecular complexity index is 592. The Morgan fingerprint density at radius 2 is 2.21 bits per heavy atom. The summed E-state index contributed by atoms with van der Waals surface area (Å²) in [4.78, 5) is 12.0. The van der Waals surface area contributed by atoms with E-state index in [1.807, 2.05) is 18.2 Å². The second-order valence-corrected chi connectivity index (χ2v) is 5.53. The summed E-state index contributed by atoms with van der Waals surface area (Å²) in [6.07, 6.45) is 2.11. The number of carbonyl (C=O) groups excluding carboxylic acids is 1. The third kappa shape index (κ3) is 3.01. The predicted octanol–water partition coefficient (Wildman–Crippen LogP) is 4.52. The van der Waals surface area contributed by atoms with Crippen LogP contribution < -0.4 is 4.74 Å². The monoisotopic (exact) mass is 298 g/mol. The van der Waals surface area contributed by atoms with Crippen LogP contribution in [0.3, 0.4) is 0 Å². The molecule has 0 atom stereocenters. The Balaban J connectivity index is 2.31. The number of rotatable bonds is 5. The van der Waals surface area contributed by atoms with Gasteiger partial charge in [-0.15, -0.1) is 11.3 Å². The Morgan fingerprint density at radius 1 is 1.42 bits per heavy atom. The lowest BCUT2D eigenvalue weighted by molar-refractivity contribution is 0.0606. The smallest absolute Gasteiger partial charge is 0.349 e. The highest BCUT2D eigenvalue weighted by atomic mass is 35.5. The molecule has 0 amide bonds. The molecule has 5 heteroatoms. The summed E-state index contributed by atoms with van der Waals surface area (Å²) in [7, 11) is 1.35. The lowest BCUT2D eigenvalue weighted by Gasteiger charge is -2.04. The molecule has 0 N–H and O–H groups in total. The number of thiophene rings is 1. The van der Waals surface area contributed by atoms with E-state index < -0.39 is 5.97 Å². The first-order chi connectivity index (χ1) is 9.17. The van der Waals surface area contributed by atoms with Crippen LogP contribution in [-0.2, 0) is 4.74 Å². The number of hydrogen-bond donors (Lipinski definition) is 0. The molecule has 0 saturated carbocycles. The van der Waals surface area contributed by atoms with E-state index in [9.17, 15) is 4.79 Å². The molecule has 0 spiro atoms. The van der Waals surface area contributed by atoms with Crippen LogP contribution in [0, 0.1) is 0 Å². The van der Waals surface area contributed by atoms with E-state index >= 15 is 0 Å². The van der Waals surface area contributed by atoms with Crippen LogP contribution in [0.1, 0.15) is 29.4 Å². The van der Waals surface area contributed by atoms with Gasteiger partial charge in [-0.2, -0.15) is 0 Å². The number of ether oxygens (including phenoxy) is 2. The van der Waals surface area contributed by atoms with Crippen LogP contribution >= 0.6 is 22.9 Å². The first kappa shape index (κ1) is 14.2. The van der Waals surface area contributed by atoms with E-state index in [-0.39, 0.29) is 0 Å². The van der Waals surface area contributed by atoms with Crippen molar-refractivity contribution in [3.05, 3.63) is 28.1 Å².